The first kappa shape index (κ1) is 14.8. The molecule has 0 radical (unpaired) electrons. The van der Waals surface area contributed by atoms with Gasteiger partial charge in [0.25, 0.3) is 0 Å². The number of hydrogen-bond donors (Lipinski definition) is 4. The van der Waals surface area contributed by atoms with Crippen LogP contribution in [-0.4, -0.2) is 41.9 Å². The van der Waals surface area contributed by atoms with Gasteiger partial charge in [-0.25, -0.2) is 0 Å². The minimum atomic E-state index is -0.428. The summed E-state index contributed by atoms with van der Waals surface area (Å²) in [6.45, 7) is 4.83. The van der Waals surface area contributed by atoms with Crippen LogP contribution in [-0.2, 0) is 0 Å². The third-order valence-corrected chi connectivity index (χ3v) is 3.07. The SMILES string of the molecule is CCC(C)(S)N=C1C=NNC1=NCC(C=N)CN. The zero-order valence-corrected chi connectivity index (χ0v) is 11.6. The smallest absolute Gasteiger partial charge is 0.169 e. The van der Waals surface area contributed by atoms with Gasteiger partial charge in [0.15, 0.2) is 5.84 Å². The fraction of sp³-hybridized carbons (Fsp3) is 0.636. The maximum atomic E-state index is 7.19. The van der Waals surface area contributed by atoms with Crippen LogP contribution < -0.4 is 11.2 Å². The Bertz CT molecular complexity index is 385. The average molecular weight is 268 g/mol. The number of thiol groups is 1. The molecule has 1 heterocycles. The van der Waals surface area contributed by atoms with Crippen LogP contribution in [0.4, 0.5) is 0 Å². The lowest BCUT2D eigenvalue weighted by atomic mass is 10.2. The fourth-order valence-corrected chi connectivity index (χ4v) is 1.32. The number of aliphatic imine (C=N–C) groups is 2. The van der Waals surface area contributed by atoms with Crippen molar-refractivity contribution in [3.8, 4) is 0 Å². The molecule has 0 saturated heterocycles. The van der Waals surface area contributed by atoms with Gasteiger partial charge in [-0.05, 0) is 13.3 Å². The van der Waals surface area contributed by atoms with Gasteiger partial charge in [-0.3, -0.25) is 15.4 Å². The summed E-state index contributed by atoms with van der Waals surface area (Å²) < 4.78 is 0. The third-order valence-electron chi connectivity index (χ3n) is 2.65. The number of rotatable bonds is 6. The molecule has 0 aromatic carbocycles. The highest BCUT2D eigenvalue weighted by Crippen LogP contribution is 2.20. The first-order valence-corrected chi connectivity index (χ1v) is 6.34. The molecule has 0 aromatic heterocycles. The monoisotopic (exact) mass is 268 g/mol. The number of hydrazone groups is 1. The molecule has 100 valence electrons. The lowest BCUT2D eigenvalue weighted by Gasteiger charge is -2.16. The number of hydrogen-bond acceptors (Lipinski definition) is 6. The van der Waals surface area contributed by atoms with Gasteiger partial charge < -0.3 is 11.1 Å². The minimum absolute atomic E-state index is 0.0466. The topological polar surface area (TPSA) is 99.0 Å². The van der Waals surface area contributed by atoms with Gasteiger partial charge in [0.05, 0.1) is 12.8 Å². The van der Waals surface area contributed by atoms with Crippen LogP contribution in [0.1, 0.15) is 20.3 Å². The van der Waals surface area contributed by atoms with Gasteiger partial charge in [0.2, 0.25) is 0 Å². The van der Waals surface area contributed by atoms with Crippen LogP contribution >= 0.6 is 12.6 Å². The summed E-state index contributed by atoms with van der Waals surface area (Å²) in [5.41, 5.74) is 9.00. The molecule has 0 fully saturated rings. The normalized spacial score (nSPS) is 24.0. The van der Waals surface area contributed by atoms with Crippen molar-refractivity contribution in [3.63, 3.8) is 0 Å². The van der Waals surface area contributed by atoms with Crippen LogP contribution in [0.25, 0.3) is 0 Å². The van der Waals surface area contributed by atoms with E-state index in [1.54, 1.807) is 6.21 Å². The van der Waals surface area contributed by atoms with Gasteiger partial charge in [0.1, 0.15) is 10.6 Å². The zero-order valence-electron chi connectivity index (χ0n) is 10.7. The predicted octanol–water partition coefficient (Wildman–Crippen LogP) is 0.695. The predicted molar refractivity (Wildman–Crippen MR) is 80.4 cm³/mol. The van der Waals surface area contributed by atoms with Crippen LogP contribution in [0.15, 0.2) is 15.1 Å². The molecule has 0 aromatic rings. The molecule has 0 bridgehead atoms. The van der Waals surface area contributed by atoms with Gasteiger partial charge in [-0.1, -0.05) is 6.92 Å². The van der Waals surface area contributed by atoms with Crippen molar-refractivity contribution in [1.82, 2.24) is 5.43 Å². The number of nitrogens with zero attached hydrogens (tertiary/aromatic N) is 3. The number of nitrogens with two attached hydrogens (primary N) is 1. The fourth-order valence-electron chi connectivity index (χ4n) is 1.21. The molecule has 7 heteroatoms. The second-order valence-corrected chi connectivity index (χ2v) is 5.25. The van der Waals surface area contributed by atoms with Gasteiger partial charge in [0, 0.05) is 18.7 Å². The maximum absolute atomic E-state index is 7.19. The molecule has 0 saturated carbocycles. The molecule has 1 aliphatic rings. The summed E-state index contributed by atoms with van der Waals surface area (Å²) in [6, 6.07) is 0. The molecule has 4 N–H and O–H groups in total. The van der Waals surface area contributed by atoms with Crippen molar-refractivity contribution in [1.29, 1.82) is 5.41 Å². The Morgan fingerprint density at radius 1 is 1.72 bits per heavy atom. The van der Waals surface area contributed by atoms with Crippen molar-refractivity contribution in [2.45, 2.75) is 25.1 Å². The largest absolute Gasteiger partial charge is 0.330 e. The first-order chi connectivity index (χ1) is 8.52. The Morgan fingerprint density at radius 2 is 2.44 bits per heavy atom. The maximum Gasteiger partial charge on any atom is 0.169 e. The summed E-state index contributed by atoms with van der Waals surface area (Å²) in [4.78, 5) is 8.41. The van der Waals surface area contributed by atoms with Crippen LogP contribution in [0.5, 0.6) is 0 Å². The van der Waals surface area contributed by atoms with Crippen LogP contribution in [0.2, 0.25) is 0 Å². The van der Waals surface area contributed by atoms with Crippen molar-refractivity contribution in [2.75, 3.05) is 13.1 Å². The molecule has 1 aliphatic heterocycles. The Hall–Kier alpha value is -1.21. The molecule has 1 rings (SSSR count). The Morgan fingerprint density at radius 3 is 3.00 bits per heavy atom. The van der Waals surface area contributed by atoms with E-state index < -0.39 is 4.87 Å². The number of amidine groups is 1. The van der Waals surface area contributed by atoms with E-state index in [1.807, 2.05) is 13.8 Å². The van der Waals surface area contributed by atoms with E-state index >= 15 is 0 Å². The van der Waals surface area contributed by atoms with Crippen molar-refractivity contribution in [2.24, 2.45) is 26.7 Å². The first-order valence-electron chi connectivity index (χ1n) is 5.89. The van der Waals surface area contributed by atoms with Crippen LogP contribution in [0, 0.1) is 11.3 Å². The lowest BCUT2D eigenvalue weighted by molar-refractivity contribution is 0.663. The summed E-state index contributed by atoms with van der Waals surface area (Å²) in [7, 11) is 0. The molecular formula is C11H20N6S. The van der Waals surface area contributed by atoms with E-state index in [0.29, 0.717) is 24.6 Å². The third kappa shape index (κ3) is 4.23. The summed E-state index contributed by atoms with van der Waals surface area (Å²) >= 11 is 4.46. The average Bonchev–Trinajstić information content (AvgIpc) is 2.77. The molecule has 0 amide bonds. The molecule has 0 aliphatic carbocycles. The molecule has 0 spiro atoms. The van der Waals surface area contributed by atoms with E-state index in [4.69, 9.17) is 11.1 Å². The second-order valence-electron chi connectivity index (χ2n) is 4.29. The zero-order chi connectivity index (χ0) is 13.6. The highest BCUT2D eigenvalue weighted by Gasteiger charge is 2.20. The minimum Gasteiger partial charge on any atom is -0.330 e. The van der Waals surface area contributed by atoms with E-state index in [1.165, 1.54) is 6.21 Å². The standard InChI is InChI=1S/C11H20N6S/c1-3-11(2,18)16-9-7-15-17-10(9)14-6-8(4-12)5-13/h4,7-8,12,18H,3,5-6,13H2,1-2H3,(H,14,16,17). The van der Waals surface area contributed by atoms with Crippen molar-refractivity contribution in [3.05, 3.63) is 0 Å². The molecule has 6 nitrogen and oxygen atoms in total. The summed E-state index contributed by atoms with van der Waals surface area (Å²) in [5, 5.41) is 11.1. The van der Waals surface area contributed by atoms with E-state index in [2.05, 4.69) is 33.1 Å². The highest BCUT2D eigenvalue weighted by atomic mass is 32.1. The van der Waals surface area contributed by atoms with E-state index in [0.717, 1.165) is 6.42 Å². The molecular weight excluding hydrogens is 248 g/mol. The Kier molecular flexibility index (Phi) is 5.49. The van der Waals surface area contributed by atoms with Crippen molar-refractivity contribution < 1.29 is 0 Å². The van der Waals surface area contributed by atoms with Crippen molar-refractivity contribution >= 4 is 36.6 Å². The van der Waals surface area contributed by atoms with E-state index in [-0.39, 0.29) is 5.92 Å². The lowest BCUT2D eigenvalue weighted by Crippen LogP contribution is -2.27. The Balaban J connectivity index is 2.78. The quantitative estimate of drug-likeness (QED) is 0.421. The second kappa shape index (κ2) is 6.65. The van der Waals surface area contributed by atoms with Crippen LogP contribution in [0.3, 0.4) is 0 Å². The Labute approximate surface area is 113 Å². The summed E-state index contributed by atoms with van der Waals surface area (Å²) in [5.74, 6) is 0.568. The molecule has 2 unspecified atom stereocenters. The highest BCUT2D eigenvalue weighted by molar-refractivity contribution is 7.81. The van der Waals surface area contributed by atoms with Gasteiger partial charge in [-0.2, -0.15) is 5.10 Å². The molecule has 18 heavy (non-hydrogen) atoms. The van der Waals surface area contributed by atoms with Gasteiger partial charge >= 0.3 is 0 Å². The summed E-state index contributed by atoms with van der Waals surface area (Å²) in [6.07, 6.45) is 3.75. The van der Waals surface area contributed by atoms with Gasteiger partial charge in [-0.15, -0.1) is 12.6 Å². The molecule has 2 atom stereocenters. The number of nitrogens with one attached hydrogen (secondary N) is 2. The van der Waals surface area contributed by atoms with E-state index in [9.17, 15) is 0 Å².